The number of nitrogens with one attached hydrogen (secondary N) is 1. The van der Waals surface area contributed by atoms with Crippen LogP contribution >= 0.6 is 0 Å². The topological polar surface area (TPSA) is 95.5 Å². The van der Waals surface area contributed by atoms with Gasteiger partial charge >= 0.3 is 12.1 Å². The van der Waals surface area contributed by atoms with E-state index in [0.29, 0.717) is 12.0 Å². The van der Waals surface area contributed by atoms with E-state index < -0.39 is 17.7 Å². The van der Waals surface area contributed by atoms with E-state index in [4.69, 9.17) is 9.84 Å². The molecule has 0 fully saturated rings. The molecule has 2 rings (SSSR count). The van der Waals surface area contributed by atoms with Crippen LogP contribution < -0.4 is 0 Å². The van der Waals surface area contributed by atoms with Crippen molar-refractivity contribution in [2.24, 2.45) is 0 Å². The maximum atomic E-state index is 12.3. The highest BCUT2D eigenvalue weighted by Crippen LogP contribution is 2.27. The van der Waals surface area contributed by atoms with Crippen molar-refractivity contribution in [2.45, 2.75) is 58.7 Å². The average molecular weight is 295 g/mol. The number of fused-ring (bicyclic) bond motifs is 1. The van der Waals surface area contributed by atoms with Crippen LogP contribution in [0.2, 0.25) is 0 Å². The first-order valence-electron chi connectivity index (χ1n) is 7.02. The Morgan fingerprint density at radius 2 is 2.14 bits per heavy atom. The number of H-pyrrole nitrogens is 1. The van der Waals surface area contributed by atoms with E-state index >= 15 is 0 Å². The molecule has 1 amide bonds. The second kappa shape index (κ2) is 5.38. The molecule has 2 N–H and O–H groups in total. The number of carboxylic acid groups (broad SMARTS) is 1. The highest BCUT2D eigenvalue weighted by molar-refractivity contribution is 5.87. The highest BCUT2D eigenvalue weighted by atomic mass is 16.6. The lowest BCUT2D eigenvalue weighted by Crippen LogP contribution is -2.46. The Hall–Kier alpha value is -2.05. The molecule has 7 nitrogen and oxygen atoms in total. The molecular weight excluding hydrogens is 274 g/mol. The Labute approximate surface area is 123 Å². The first-order valence-corrected chi connectivity index (χ1v) is 7.02. The Bertz CT molecular complexity index is 559. The zero-order valence-corrected chi connectivity index (χ0v) is 12.8. The first kappa shape index (κ1) is 15.3. The van der Waals surface area contributed by atoms with E-state index in [2.05, 4.69) is 10.2 Å². The van der Waals surface area contributed by atoms with E-state index in [9.17, 15) is 9.59 Å². The predicted octanol–water partition coefficient (Wildman–Crippen LogP) is 2.18. The molecule has 1 aromatic rings. The van der Waals surface area contributed by atoms with Crippen LogP contribution in [0.15, 0.2) is 0 Å². The third-order valence-electron chi connectivity index (χ3n) is 3.46. The van der Waals surface area contributed by atoms with Crippen molar-refractivity contribution in [1.82, 2.24) is 15.1 Å². The second-order valence-electron chi connectivity index (χ2n) is 6.21. The molecule has 2 heterocycles. The predicted molar refractivity (Wildman–Crippen MR) is 75.1 cm³/mol. The summed E-state index contributed by atoms with van der Waals surface area (Å²) in [5.74, 6) is -1.09. The average Bonchev–Trinajstić information content (AvgIpc) is 2.77. The van der Waals surface area contributed by atoms with Gasteiger partial charge < -0.3 is 14.7 Å². The summed E-state index contributed by atoms with van der Waals surface area (Å²) in [6, 6.07) is -0.0190. The van der Waals surface area contributed by atoms with Crippen LogP contribution in [-0.4, -0.2) is 43.9 Å². The van der Waals surface area contributed by atoms with Gasteiger partial charge in [-0.1, -0.05) is 6.92 Å². The Morgan fingerprint density at radius 3 is 2.67 bits per heavy atom. The van der Waals surface area contributed by atoms with Gasteiger partial charge in [0.25, 0.3) is 0 Å². The molecule has 116 valence electrons. The summed E-state index contributed by atoms with van der Waals surface area (Å²) in [6.45, 7) is 7.62. The molecular formula is C14H21N3O4. The number of aromatic nitrogens is 2. The number of rotatable bonds is 2. The molecule has 0 saturated carbocycles. The van der Waals surface area contributed by atoms with Crippen LogP contribution in [-0.2, 0) is 17.7 Å². The van der Waals surface area contributed by atoms with E-state index in [0.717, 1.165) is 12.1 Å². The largest absolute Gasteiger partial charge is 0.476 e. The van der Waals surface area contributed by atoms with Crippen LogP contribution in [0.3, 0.4) is 0 Å². The summed E-state index contributed by atoms with van der Waals surface area (Å²) in [7, 11) is 0. The number of aromatic carboxylic acids is 1. The van der Waals surface area contributed by atoms with Gasteiger partial charge in [0.2, 0.25) is 0 Å². The normalized spacial score (nSPS) is 18.3. The van der Waals surface area contributed by atoms with Crippen molar-refractivity contribution in [3.8, 4) is 0 Å². The van der Waals surface area contributed by atoms with Gasteiger partial charge in [-0.3, -0.25) is 5.10 Å². The minimum atomic E-state index is -1.09. The number of nitrogens with zero attached hydrogens (tertiary/aromatic N) is 2. The summed E-state index contributed by atoms with van der Waals surface area (Å²) in [6.07, 6.45) is 0.906. The molecule has 1 aromatic heterocycles. The first-order chi connectivity index (χ1) is 9.73. The summed E-state index contributed by atoms with van der Waals surface area (Å²) in [4.78, 5) is 25.1. The monoisotopic (exact) mass is 295 g/mol. The molecule has 1 aliphatic rings. The molecule has 1 unspecified atom stereocenters. The molecule has 0 bridgehead atoms. The van der Waals surface area contributed by atoms with Crippen molar-refractivity contribution in [3.05, 3.63) is 17.0 Å². The van der Waals surface area contributed by atoms with Crippen LogP contribution in [0.4, 0.5) is 4.79 Å². The molecule has 1 atom stereocenters. The van der Waals surface area contributed by atoms with Gasteiger partial charge in [0.05, 0.1) is 6.54 Å². The summed E-state index contributed by atoms with van der Waals surface area (Å²) in [5, 5.41) is 15.7. The SMILES string of the molecule is CCC1Cc2[nH]nc(C(=O)O)c2CN1C(=O)OC(C)(C)C. The van der Waals surface area contributed by atoms with Crippen LogP contribution in [0.25, 0.3) is 0 Å². The Morgan fingerprint density at radius 1 is 1.48 bits per heavy atom. The van der Waals surface area contributed by atoms with E-state index in [1.54, 1.807) is 4.90 Å². The number of aromatic amines is 1. The molecule has 0 radical (unpaired) electrons. The van der Waals surface area contributed by atoms with Gasteiger partial charge in [0, 0.05) is 23.7 Å². The van der Waals surface area contributed by atoms with Gasteiger partial charge in [-0.15, -0.1) is 0 Å². The van der Waals surface area contributed by atoms with Crippen molar-refractivity contribution in [1.29, 1.82) is 0 Å². The molecule has 0 aliphatic carbocycles. The van der Waals surface area contributed by atoms with E-state index in [1.165, 1.54) is 0 Å². The molecule has 0 spiro atoms. The molecule has 0 aromatic carbocycles. The number of amides is 1. The lowest BCUT2D eigenvalue weighted by atomic mass is 9.97. The molecule has 0 saturated heterocycles. The number of ether oxygens (including phenoxy) is 1. The van der Waals surface area contributed by atoms with Crippen LogP contribution in [0, 0.1) is 0 Å². The summed E-state index contributed by atoms with van der Waals surface area (Å²) in [5.41, 5.74) is 0.757. The van der Waals surface area contributed by atoms with Gasteiger partial charge in [0.15, 0.2) is 5.69 Å². The van der Waals surface area contributed by atoms with Crippen molar-refractivity contribution in [2.75, 3.05) is 0 Å². The van der Waals surface area contributed by atoms with Crippen molar-refractivity contribution >= 4 is 12.1 Å². The van der Waals surface area contributed by atoms with Crippen molar-refractivity contribution in [3.63, 3.8) is 0 Å². The van der Waals surface area contributed by atoms with E-state index in [-0.39, 0.29) is 18.3 Å². The highest BCUT2D eigenvalue weighted by Gasteiger charge is 2.35. The third kappa shape index (κ3) is 3.17. The van der Waals surface area contributed by atoms with Gasteiger partial charge in [-0.05, 0) is 27.2 Å². The maximum absolute atomic E-state index is 12.3. The fraction of sp³-hybridized carbons (Fsp3) is 0.643. The number of hydrogen-bond donors (Lipinski definition) is 2. The second-order valence-corrected chi connectivity index (χ2v) is 6.21. The maximum Gasteiger partial charge on any atom is 0.410 e. The molecule has 7 heteroatoms. The minimum Gasteiger partial charge on any atom is -0.476 e. The summed E-state index contributed by atoms with van der Waals surface area (Å²) < 4.78 is 5.41. The fourth-order valence-electron chi connectivity index (χ4n) is 2.46. The smallest absolute Gasteiger partial charge is 0.410 e. The molecule has 1 aliphatic heterocycles. The standard InChI is InChI=1S/C14H21N3O4/c1-5-8-6-10-9(11(12(18)19)16-15-10)7-17(8)13(20)21-14(2,3)4/h8H,5-7H2,1-4H3,(H,15,16)(H,18,19). The van der Waals surface area contributed by atoms with Gasteiger partial charge in [0.1, 0.15) is 5.60 Å². The zero-order valence-electron chi connectivity index (χ0n) is 12.8. The molecule has 21 heavy (non-hydrogen) atoms. The van der Waals surface area contributed by atoms with Crippen LogP contribution in [0.1, 0.15) is 55.9 Å². The van der Waals surface area contributed by atoms with Gasteiger partial charge in [-0.2, -0.15) is 5.10 Å². The number of carbonyl (C=O) groups excluding carboxylic acids is 1. The minimum absolute atomic E-state index is 0.0190. The fourth-order valence-corrected chi connectivity index (χ4v) is 2.46. The van der Waals surface area contributed by atoms with Crippen molar-refractivity contribution < 1.29 is 19.4 Å². The van der Waals surface area contributed by atoms with Crippen LogP contribution in [0.5, 0.6) is 0 Å². The van der Waals surface area contributed by atoms with Gasteiger partial charge in [-0.25, -0.2) is 9.59 Å². The van der Waals surface area contributed by atoms with E-state index in [1.807, 2.05) is 27.7 Å². The lowest BCUT2D eigenvalue weighted by Gasteiger charge is -2.36. The third-order valence-corrected chi connectivity index (χ3v) is 3.46. The number of carboxylic acids is 1. The quantitative estimate of drug-likeness (QED) is 0.871. The lowest BCUT2D eigenvalue weighted by molar-refractivity contribution is 0.0112. The Balaban J connectivity index is 2.28. The number of hydrogen-bond acceptors (Lipinski definition) is 4. The summed E-state index contributed by atoms with van der Waals surface area (Å²) >= 11 is 0. The zero-order chi connectivity index (χ0) is 15.8. The Kier molecular flexibility index (Phi) is 3.93. The number of carbonyl (C=O) groups is 2.